The molecule has 0 radical (unpaired) electrons. The molecular weight excluding hydrogens is 320 g/mol. The second kappa shape index (κ2) is 9.94. The first-order valence-electron chi connectivity index (χ1n) is 7.21. The Hall–Kier alpha value is -0.880. The number of rotatable bonds is 10. The van der Waals surface area contributed by atoms with Crippen LogP contribution in [-0.4, -0.2) is 36.3 Å². The third-order valence-electron chi connectivity index (χ3n) is 2.71. The van der Waals surface area contributed by atoms with Gasteiger partial charge in [0.2, 0.25) is 0 Å². The van der Waals surface area contributed by atoms with Crippen LogP contribution in [0.3, 0.4) is 0 Å². The summed E-state index contributed by atoms with van der Waals surface area (Å²) in [6, 6.07) is 0. The second-order valence-corrected chi connectivity index (χ2v) is 5.83. The molecule has 0 atom stereocenters. The lowest BCUT2D eigenvalue weighted by molar-refractivity contribution is 0.132. The molecule has 0 aromatic carbocycles. The average molecular weight is 345 g/mol. The molecular formula is C14H25BrN4O. The molecule has 114 valence electrons. The van der Waals surface area contributed by atoms with Crippen LogP contribution in [0, 0.1) is 5.92 Å². The first kappa shape index (κ1) is 17.2. The maximum atomic E-state index is 5.56. The normalized spacial score (nSPS) is 10.8. The van der Waals surface area contributed by atoms with E-state index in [1.54, 1.807) is 6.33 Å². The molecule has 1 aromatic rings. The van der Waals surface area contributed by atoms with Crippen LogP contribution in [0.1, 0.15) is 33.6 Å². The molecule has 0 fully saturated rings. The van der Waals surface area contributed by atoms with E-state index in [1.165, 1.54) is 0 Å². The Kier molecular flexibility index (Phi) is 8.53. The van der Waals surface area contributed by atoms with Gasteiger partial charge in [-0.1, -0.05) is 20.8 Å². The molecule has 0 amide bonds. The van der Waals surface area contributed by atoms with E-state index >= 15 is 0 Å². The quantitative estimate of drug-likeness (QED) is 0.635. The van der Waals surface area contributed by atoms with Gasteiger partial charge in [-0.2, -0.15) is 0 Å². The number of nitrogens with zero attached hydrogens (tertiary/aromatic N) is 2. The van der Waals surface area contributed by atoms with Gasteiger partial charge in [-0.05, 0) is 34.7 Å². The van der Waals surface area contributed by atoms with Gasteiger partial charge in [0.15, 0.2) is 0 Å². The van der Waals surface area contributed by atoms with Gasteiger partial charge in [0, 0.05) is 19.7 Å². The number of nitrogens with one attached hydrogen (secondary N) is 2. The van der Waals surface area contributed by atoms with Gasteiger partial charge in [0.05, 0.1) is 6.61 Å². The summed E-state index contributed by atoms with van der Waals surface area (Å²) in [4.78, 5) is 8.44. The molecule has 1 heterocycles. The van der Waals surface area contributed by atoms with Gasteiger partial charge in [-0.15, -0.1) is 0 Å². The largest absolute Gasteiger partial charge is 0.380 e. The van der Waals surface area contributed by atoms with Crippen LogP contribution in [-0.2, 0) is 4.74 Å². The minimum atomic E-state index is 0.681. The first-order valence-corrected chi connectivity index (χ1v) is 8.00. The van der Waals surface area contributed by atoms with Crippen molar-refractivity contribution in [2.24, 2.45) is 5.92 Å². The van der Waals surface area contributed by atoms with Crippen molar-refractivity contribution < 1.29 is 4.74 Å². The number of ether oxygens (including phenoxy) is 1. The highest BCUT2D eigenvalue weighted by Crippen LogP contribution is 2.26. The maximum Gasteiger partial charge on any atom is 0.146 e. The molecule has 20 heavy (non-hydrogen) atoms. The van der Waals surface area contributed by atoms with Crippen LogP contribution < -0.4 is 10.6 Å². The van der Waals surface area contributed by atoms with E-state index in [2.05, 4.69) is 57.3 Å². The molecule has 1 aromatic heterocycles. The van der Waals surface area contributed by atoms with E-state index in [0.717, 1.165) is 48.6 Å². The Balaban J connectivity index is 2.32. The molecule has 0 saturated carbocycles. The van der Waals surface area contributed by atoms with Crippen molar-refractivity contribution in [1.82, 2.24) is 9.97 Å². The molecule has 0 aliphatic rings. The zero-order valence-electron chi connectivity index (χ0n) is 12.6. The highest BCUT2D eigenvalue weighted by Gasteiger charge is 2.07. The monoisotopic (exact) mass is 344 g/mol. The van der Waals surface area contributed by atoms with E-state index in [1.807, 2.05) is 0 Å². The average Bonchev–Trinajstić information content (AvgIpc) is 2.42. The van der Waals surface area contributed by atoms with E-state index < -0.39 is 0 Å². The van der Waals surface area contributed by atoms with E-state index in [-0.39, 0.29) is 0 Å². The smallest absolute Gasteiger partial charge is 0.146 e. The van der Waals surface area contributed by atoms with Crippen LogP contribution in [0.15, 0.2) is 10.8 Å². The highest BCUT2D eigenvalue weighted by atomic mass is 79.9. The third-order valence-corrected chi connectivity index (χ3v) is 3.46. The summed E-state index contributed by atoms with van der Waals surface area (Å²) in [5.41, 5.74) is 0. The highest BCUT2D eigenvalue weighted by molar-refractivity contribution is 9.10. The Morgan fingerprint density at radius 3 is 2.40 bits per heavy atom. The number of aromatic nitrogens is 2. The van der Waals surface area contributed by atoms with Crippen LogP contribution >= 0.6 is 15.9 Å². The number of hydrogen-bond donors (Lipinski definition) is 2. The molecule has 6 heteroatoms. The van der Waals surface area contributed by atoms with Crippen molar-refractivity contribution in [3.8, 4) is 0 Å². The Labute approximate surface area is 130 Å². The molecule has 0 saturated heterocycles. The first-order chi connectivity index (χ1) is 9.65. The van der Waals surface area contributed by atoms with Gasteiger partial charge in [-0.25, -0.2) is 9.97 Å². The Bertz CT molecular complexity index is 387. The molecule has 0 aliphatic carbocycles. The van der Waals surface area contributed by atoms with Crippen molar-refractivity contribution in [2.75, 3.05) is 36.9 Å². The van der Waals surface area contributed by atoms with Crippen molar-refractivity contribution in [1.29, 1.82) is 0 Å². The lowest BCUT2D eigenvalue weighted by atomic mass is 10.1. The molecule has 2 N–H and O–H groups in total. The van der Waals surface area contributed by atoms with Crippen LogP contribution in [0.25, 0.3) is 0 Å². The van der Waals surface area contributed by atoms with Gasteiger partial charge in [0.25, 0.3) is 0 Å². The SMILES string of the molecule is CCCNc1ncnc(NCCOCCC(C)C)c1Br. The zero-order chi connectivity index (χ0) is 14.8. The van der Waals surface area contributed by atoms with Crippen LogP contribution in [0.5, 0.6) is 0 Å². The van der Waals surface area contributed by atoms with Crippen molar-refractivity contribution in [3.05, 3.63) is 10.8 Å². The summed E-state index contributed by atoms with van der Waals surface area (Å²) in [7, 11) is 0. The number of halogens is 1. The van der Waals surface area contributed by atoms with E-state index in [4.69, 9.17) is 4.74 Å². The summed E-state index contributed by atoms with van der Waals surface area (Å²) < 4.78 is 6.44. The summed E-state index contributed by atoms with van der Waals surface area (Å²) in [6.45, 7) is 9.65. The third kappa shape index (κ3) is 6.52. The topological polar surface area (TPSA) is 59.1 Å². The molecule has 0 bridgehead atoms. The predicted molar refractivity (Wildman–Crippen MR) is 87.3 cm³/mol. The van der Waals surface area contributed by atoms with Gasteiger partial charge >= 0.3 is 0 Å². The summed E-state index contributed by atoms with van der Waals surface area (Å²) in [5.74, 6) is 2.31. The Morgan fingerprint density at radius 2 is 1.80 bits per heavy atom. The van der Waals surface area contributed by atoms with Gasteiger partial charge in [0.1, 0.15) is 22.4 Å². The molecule has 0 unspecified atom stereocenters. The number of hydrogen-bond acceptors (Lipinski definition) is 5. The molecule has 0 spiro atoms. The minimum Gasteiger partial charge on any atom is -0.380 e. The summed E-state index contributed by atoms with van der Waals surface area (Å²) in [6.07, 6.45) is 3.72. The zero-order valence-corrected chi connectivity index (χ0v) is 14.2. The lowest BCUT2D eigenvalue weighted by Gasteiger charge is -2.11. The standard InChI is InChI=1S/C14H25BrN4O/c1-4-6-16-13-12(15)14(19-10-18-13)17-7-9-20-8-5-11(2)3/h10-11H,4-9H2,1-3H3,(H2,16,17,18,19). The fourth-order valence-corrected chi connectivity index (χ4v) is 2.01. The second-order valence-electron chi connectivity index (χ2n) is 5.03. The molecule has 1 rings (SSSR count). The predicted octanol–water partition coefficient (Wildman–Crippen LogP) is 3.54. The number of anilines is 2. The van der Waals surface area contributed by atoms with Crippen molar-refractivity contribution in [2.45, 2.75) is 33.6 Å². The van der Waals surface area contributed by atoms with Gasteiger partial charge < -0.3 is 15.4 Å². The van der Waals surface area contributed by atoms with Crippen LogP contribution in [0.2, 0.25) is 0 Å². The maximum absolute atomic E-state index is 5.56. The van der Waals surface area contributed by atoms with Crippen molar-refractivity contribution in [3.63, 3.8) is 0 Å². The lowest BCUT2D eigenvalue weighted by Crippen LogP contribution is -2.13. The van der Waals surface area contributed by atoms with Gasteiger partial charge in [-0.3, -0.25) is 0 Å². The summed E-state index contributed by atoms with van der Waals surface area (Å²) >= 11 is 3.52. The fourth-order valence-electron chi connectivity index (χ4n) is 1.52. The molecule has 0 aliphatic heterocycles. The molecule has 5 nitrogen and oxygen atoms in total. The van der Waals surface area contributed by atoms with Crippen molar-refractivity contribution >= 4 is 27.6 Å². The van der Waals surface area contributed by atoms with Crippen LogP contribution in [0.4, 0.5) is 11.6 Å². The minimum absolute atomic E-state index is 0.681. The fraction of sp³-hybridized carbons (Fsp3) is 0.714. The van der Waals surface area contributed by atoms with E-state index in [0.29, 0.717) is 12.5 Å². The summed E-state index contributed by atoms with van der Waals surface area (Å²) in [5, 5.41) is 6.51. The van der Waals surface area contributed by atoms with E-state index in [9.17, 15) is 0 Å². The Morgan fingerprint density at radius 1 is 1.15 bits per heavy atom.